The van der Waals surface area contributed by atoms with Crippen LogP contribution in [0.2, 0.25) is 0 Å². The van der Waals surface area contributed by atoms with Crippen LogP contribution >= 0.6 is 0 Å². The first-order chi connectivity index (χ1) is 7.58. The normalized spacial score (nSPS) is 12.5. The van der Waals surface area contributed by atoms with Gasteiger partial charge in [-0.25, -0.2) is 0 Å². The van der Waals surface area contributed by atoms with Gasteiger partial charge in [-0.05, 0) is 37.8 Å². The Morgan fingerprint density at radius 1 is 1.56 bits per heavy atom. The number of pyridine rings is 1. The molecule has 0 aromatic carbocycles. The Labute approximate surface area is 97.7 Å². The Kier molecular flexibility index (Phi) is 4.65. The van der Waals surface area contributed by atoms with Crippen molar-refractivity contribution in [2.45, 2.75) is 39.7 Å². The molecular formula is C13H21N3. The molecular weight excluding hydrogens is 198 g/mol. The van der Waals surface area contributed by atoms with Crippen molar-refractivity contribution in [1.29, 1.82) is 0 Å². The average molecular weight is 219 g/mol. The lowest BCUT2D eigenvalue weighted by atomic mass is 9.99. The van der Waals surface area contributed by atoms with E-state index >= 15 is 0 Å². The summed E-state index contributed by atoms with van der Waals surface area (Å²) >= 11 is 0. The highest BCUT2D eigenvalue weighted by atomic mass is 15.2. The molecule has 0 aliphatic heterocycles. The van der Waals surface area contributed by atoms with Crippen LogP contribution in [0.5, 0.6) is 0 Å². The molecule has 3 nitrogen and oxygen atoms in total. The first kappa shape index (κ1) is 12.9. The van der Waals surface area contributed by atoms with Crippen LogP contribution in [0.15, 0.2) is 24.4 Å². The molecule has 0 aliphatic rings. The van der Waals surface area contributed by atoms with Gasteiger partial charge in [0, 0.05) is 6.20 Å². The molecule has 1 unspecified atom stereocenters. The van der Waals surface area contributed by atoms with Gasteiger partial charge in [-0.1, -0.05) is 25.1 Å². The van der Waals surface area contributed by atoms with Gasteiger partial charge in [0.15, 0.2) is 0 Å². The van der Waals surface area contributed by atoms with Crippen molar-refractivity contribution in [3.8, 4) is 0 Å². The number of aryl methyl sites for hydroxylation is 2. The van der Waals surface area contributed by atoms with Crippen molar-refractivity contribution in [2.24, 2.45) is 5.84 Å². The molecule has 0 bridgehead atoms. The highest BCUT2D eigenvalue weighted by Gasteiger charge is 2.14. The van der Waals surface area contributed by atoms with Gasteiger partial charge in [0.25, 0.3) is 0 Å². The third-order valence-corrected chi connectivity index (χ3v) is 2.78. The van der Waals surface area contributed by atoms with Crippen LogP contribution in [-0.2, 0) is 0 Å². The number of hydrogen-bond acceptors (Lipinski definition) is 3. The second kappa shape index (κ2) is 5.77. The predicted octanol–water partition coefficient (Wildman–Crippen LogP) is 2.56. The van der Waals surface area contributed by atoms with Crippen LogP contribution in [0.25, 0.3) is 0 Å². The lowest BCUT2D eigenvalue weighted by Gasteiger charge is -2.18. The maximum atomic E-state index is 5.58. The molecule has 0 radical (unpaired) electrons. The van der Waals surface area contributed by atoms with E-state index in [1.807, 2.05) is 13.1 Å². The predicted molar refractivity (Wildman–Crippen MR) is 67.8 cm³/mol. The molecule has 1 heterocycles. The first-order valence-corrected chi connectivity index (χ1v) is 5.64. The largest absolute Gasteiger partial charge is 0.271 e. The second-order valence-electron chi connectivity index (χ2n) is 4.24. The number of hydrogen-bond donors (Lipinski definition) is 2. The second-order valence-corrected chi connectivity index (χ2v) is 4.24. The lowest BCUT2D eigenvalue weighted by molar-refractivity contribution is 0.528. The highest BCUT2D eigenvalue weighted by molar-refractivity contribution is 5.26. The fourth-order valence-electron chi connectivity index (χ4n) is 1.76. The van der Waals surface area contributed by atoms with Gasteiger partial charge in [-0.3, -0.25) is 16.3 Å². The molecule has 1 rings (SSSR count). The minimum absolute atomic E-state index is 0.0630. The van der Waals surface area contributed by atoms with E-state index in [4.69, 9.17) is 5.84 Å². The van der Waals surface area contributed by atoms with Crippen LogP contribution in [0.3, 0.4) is 0 Å². The zero-order chi connectivity index (χ0) is 12.1. The SMILES string of the molecule is C=C(CC)CC(NN)c1ncc(C)cc1C. The number of aromatic nitrogens is 1. The number of nitrogens with two attached hydrogens (primary N) is 1. The molecule has 3 heteroatoms. The van der Waals surface area contributed by atoms with Crippen molar-refractivity contribution in [1.82, 2.24) is 10.4 Å². The Morgan fingerprint density at radius 3 is 2.75 bits per heavy atom. The summed E-state index contributed by atoms with van der Waals surface area (Å²) in [5.41, 5.74) is 7.37. The van der Waals surface area contributed by atoms with E-state index in [2.05, 4.69) is 36.9 Å². The van der Waals surface area contributed by atoms with E-state index in [1.165, 1.54) is 16.7 Å². The van der Waals surface area contributed by atoms with Gasteiger partial charge in [-0.2, -0.15) is 0 Å². The van der Waals surface area contributed by atoms with Crippen molar-refractivity contribution in [3.05, 3.63) is 41.2 Å². The summed E-state index contributed by atoms with van der Waals surface area (Å²) in [6.07, 6.45) is 3.69. The van der Waals surface area contributed by atoms with E-state index in [-0.39, 0.29) is 6.04 Å². The van der Waals surface area contributed by atoms with Crippen molar-refractivity contribution in [2.75, 3.05) is 0 Å². The summed E-state index contributed by atoms with van der Waals surface area (Å²) < 4.78 is 0. The molecule has 16 heavy (non-hydrogen) atoms. The number of hydrazine groups is 1. The summed E-state index contributed by atoms with van der Waals surface area (Å²) in [6, 6.07) is 2.19. The van der Waals surface area contributed by atoms with Gasteiger partial charge >= 0.3 is 0 Å². The molecule has 88 valence electrons. The van der Waals surface area contributed by atoms with Crippen LogP contribution in [-0.4, -0.2) is 4.98 Å². The molecule has 0 amide bonds. The van der Waals surface area contributed by atoms with E-state index in [9.17, 15) is 0 Å². The third kappa shape index (κ3) is 3.15. The maximum Gasteiger partial charge on any atom is 0.0671 e. The number of rotatable bonds is 5. The van der Waals surface area contributed by atoms with E-state index in [1.54, 1.807) is 0 Å². The van der Waals surface area contributed by atoms with Gasteiger partial charge in [0.05, 0.1) is 11.7 Å². The molecule has 1 aromatic rings. The number of nitrogens with zero attached hydrogens (tertiary/aromatic N) is 1. The summed E-state index contributed by atoms with van der Waals surface area (Å²) in [5, 5.41) is 0. The van der Waals surface area contributed by atoms with Crippen LogP contribution in [0, 0.1) is 13.8 Å². The summed E-state index contributed by atoms with van der Waals surface area (Å²) in [4.78, 5) is 4.45. The van der Waals surface area contributed by atoms with Crippen LogP contribution in [0.4, 0.5) is 0 Å². The van der Waals surface area contributed by atoms with Gasteiger partial charge < -0.3 is 0 Å². The zero-order valence-corrected chi connectivity index (χ0v) is 10.4. The van der Waals surface area contributed by atoms with Crippen molar-refractivity contribution < 1.29 is 0 Å². The minimum atomic E-state index is 0.0630. The molecule has 0 saturated carbocycles. The third-order valence-electron chi connectivity index (χ3n) is 2.78. The molecule has 0 aliphatic carbocycles. The van der Waals surface area contributed by atoms with Crippen molar-refractivity contribution >= 4 is 0 Å². The minimum Gasteiger partial charge on any atom is -0.271 e. The fraction of sp³-hybridized carbons (Fsp3) is 0.462. The summed E-state index contributed by atoms with van der Waals surface area (Å²) in [7, 11) is 0. The molecule has 0 spiro atoms. The topological polar surface area (TPSA) is 50.9 Å². The Bertz CT molecular complexity index is 371. The van der Waals surface area contributed by atoms with E-state index in [0.717, 1.165) is 18.5 Å². The Balaban J connectivity index is 2.90. The standard InChI is InChI=1S/C13H21N3/c1-5-9(2)7-12(16-14)13-11(4)6-10(3)8-15-13/h6,8,12,16H,2,5,7,14H2,1,3-4H3. The first-order valence-electron chi connectivity index (χ1n) is 5.64. The smallest absolute Gasteiger partial charge is 0.0671 e. The molecule has 3 N–H and O–H groups in total. The van der Waals surface area contributed by atoms with Crippen molar-refractivity contribution in [3.63, 3.8) is 0 Å². The highest BCUT2D eigenvalue weighted by Crippen LogP contribution is 2.22. The van der Waals surface area contributed by atoms with E-state index < -0.39 is 0 Å². The molecule has 1 aromatic heterocycles. The zero-order valence-electron chi connectivity index (χ0n) is 10.4. The Morgan fingerprint density at radius 2 is 2.25 bits per heavy atom. The molecule has 1 atom stereocenters. The maximum absolute atomic E-state index is 5.58. The van der Waals surface area contributed by atoms with Crippen LogP contribution < -0.4 is 11.3 Å². The summed E-state index contributed by atoms with van der Waals surface area (Å²) in [5.74, 6) is 5.58. The van der Waals surface area contributed by atoms with Crippen LogP contribution in [0.1, 0.15) is 42.6 Å². The quantitative estimate of drug-likeness (QED) is 0.454. The summed E-state index contributed by atoms with van der Waals surface area (Å²) in [6.45, 7) is 10.2. The average Bonchev–Trinajstić information content (AvgIpc) is 2.26. The van der Waals surface area contributed by atoms with Gasteiger partial charge in [0.2, 0.25) is 0 Å². The lowest BCUT2D eigenvalue weighted by Crippen LogP contribution is -2.29. The molecule has 0 saturated heterocycles. The van der Waals surface area contributed by atoms with Gasteiger partial charge in [-0.15, -0.1) is 0 Å². The van der Waals surface area contributed by atoms with Gasteiger partial charge in [0.1, 0.15) is 0 Å². The monoisotopic (exact) mass is 219 g/mol. The fourth-order valence-corrected chi connectivity index (χ4v) is 1.76. The van der Waals surface area contributed by atoms with E-state index in [0.29, 0.717) is 0 Å². The Hall–Kier alpha value is -1.19. The number of nitrogens with one attached hydrogen (secondary N) is 1. The molecule has 0 fully saturated rings.